The van der Waals surface area contributed by atoms with E-state index in [1.165, 1.54) is 0 Å². The van der Waals surface area contributed by atoms with Gasteiger partial charge in [-0.1, -0.05) is 5.16 Å². The van der Waals surface area contributed by atoms with Crippen LogP contribution in [-0.4, -0.2) is 39.5 Å². The molecule has 4 rings (SSSR count). The second kappa shape index (κ2) is 4.98. The van der Waals surface area contributed by atoms with Gasteiger partial charge in [-0.2, -0.15) is 5.10 Å². The van der Waals surface area contributed by atoms with Gasteiger partial charge in [0.15, 0.2) is 0 Å². The summed E-state index contributed by atoms with van der Waals surface area (Å²) in [5, 5.41) is 8.52. The maximum atomic E-state index is 5.48. The zero-order chi connectivity index (χ0) is 13.5. The van der Waals surface area contributed by atoms with Crippen molar-refractivity contribution in [1.82, 2.24) is 19.8 Å². The van der Waals surface area contributed by atoms with Gasteiger partial charge in [0, 0.05) is 37.8 Å². The Morgan fingerprint density at radius 2 is 2.30 bits per heavy atom. The van der Waals surface area contributed by atoms with Crippen LogP contribution < -0.4 is 0 Å². The second-order valence-corrected chi connectivity index (χ2v) is 6.24. The first kappa shape index (κ1) is 12.6. The minimum absolute atomic E-state index is 0.459. The molecule has 20 heavy (non-hydrogen) atoms. The fourth-order valence-corrected chi connectivity index (χ4v) is 3.07. The van der Waals surface area contributed by atoms with Crippen molar-refractivity contribution >= 4 is 15.9 Å². The fourth-order valence-electron chi connectivity index (χ4n) is 2.77. The third kappa shape index (κ3) is 2.19. The molecule has 4 heterocycles. The summed E-state index contributed by atoms with van der Waals surface area (Å²) in [5.74, 6) is 0.999. The van der Waals surface area contributed by atoms with Crippen LogP contribution in [0.15, 0.2) is 21.4 Å². The van der Waals surface area contributed by atoms with E-state index in [9.17, 15) is 0 Å². The highest BCUT2D eigenvalue weighted by Gasteiger charge is 2.31. The van der Waals surface area contributed by atoms with E-state index in [4.69, 9.17) is 9.26 Å². The highest BCUT2D eigenvalue weighted by molar-refractivity contribution is 9.10. The topological polar surface area (TPSA) is 56.3 Å². The zero-order valence-corrected chi connectivity index (χ0v) is 12.5. The number of hydrogen-bond acceptors (Lipinski definition) is 5. The van der Waals surface area contributed by atoms with Crippen LogP contribution in [0, 0.1) is 0 Å². The highest BCUT2D eigenvalue weighted by atomic mass is 79.9. The van der Waals surface area contributed by atoms with Crippen molar-refractivity contribution in [3.8, 4) is 0 Å². The standard InChI is InChI=1S/C13H15BrN4O2/c14-9-3-15-18(4-9)10-5-17(6-10)7-12-11-8-19-2-1-13(11)20-16-12/h3-4,10H,1-2,5-8H2. The Morgan fingerprint density at radius 1 is 1.40 bits per heavy atom. The van der Waals surface area contributed by atoms with Crippen molar-refractivity contribution in [2.45, 2.75) is 25.6 Å². The lowest BCUT2D eigenvalue weighted by Crippen LogP contribution is -2.47. The molecule has 0 amide bonds. The van der Waals surface area contributed by atoms with E-state index in [-0.39, 0.29) is 0 Å². The van der Waals surface area contributed by atoms with Crippen molar-refractivity contribution < 1.29 is 9.26 Å². The Labute approximate surface area is 124 Å². The molecule has 0 saturated carbocycles. The molecule has 0 aromatic carbocycles. The third-order valence-corrected chi connectivity index (χ3v) is 4.34. The summed E-state index contributed by atoms with van der Waals surface area (Å²) >= 11 is 3.43. The van der Waals surface area contributed by atoms with E-state index in [0.29, 0.717) is 12.6 Å². The molecule has 2 aliphatic heterocycles. The van der Waals surface area contributed by atoms with E-state index in [0.717, 1.165) is 54.2 Å². The molecule has 0 spiro atoms. The second-order valence-electron chi connectivity index (χ2n) is 5.32. The van der Waals surface area contributed by atoms with Crippen LogP contribution in [0.5, 0.6) is 0 Å². The number of halogens is 1. The van der Waals surface area contributed by atoms with Crippen LogP contribution in [0.25, 0.3) is 0 Å². The molecule has 2 aliphatic rings. The van der Waals surface area contributed by atoms with Gasteiger partial charge in [-0.15, -0.1) is 0 Å². The van der Waals surface area contributed by atoms with Crippen LogP contribution in [0.4, 0.5) is 0 Å². The quantitative estimate of drug-likeness (QED) is 0.853. The van der Waals surface area contributed by atoms with Gasteiger partial charge in [0.2, 0.25) is 0 Å². The number of hydrogen-bond donors (Lipinski definition) is 0. The molecule has 0 radical (unpaired) electrons. The van der Waals surface area contributed by atoms with Crippen molar-refractivity contribution in [3.63, 3.8) is 0 Å². The van der Waals surface area contributed by atoms with Crippen molar-refractivity contribution in [3.05, 3.63) is 33.9 Å². The van der Waals surface area contributed by atoms with Crippen LogP contribution in [-0.2, 0) is 24.3 Å². The lowest BCUT2D eigenvalue weighted by atomic mass is 10.1. The molecule has 1 saturated heterocycles. The molecule has 7 heteroatoms. The lowest BCUT2D eigenvalue weighted by Gasteiger charge is -2.38. The van der Waals surface area contributed by atoms with E-state index in [2.05, 4.69) is 31.1 Å². The van der Waals surface area contributed by atoms with E-state index in [1.54, 1.807) is 0 Å². The average molecular weight is 339 g/mol. The summed E-state index contributed by atoms with van der Waals surface area (Å²) in [7, 11) is 0. The van der Waals surface area contributed by atoms with Gasteiger partial charge in [-0.3, -0.25) is 9.58 Å². The zero-order valence-electron chi connectivity index (χ0n) is 11.0. The summed E-state index contributed by atoms with van der Waals surface area (Å²) < 4.78 is 13.9. The summed E-state index contributed by atoms with van der Waals surface area (Å²) in [6.45, 7) is 4.20. The molecular formula is C13H15BrN4O2. The van der Waals surface area contributed by atoms with Gasteiger partial charge in [-0.05, 0) is 15.9 Å². The van der Waals surface area contributed by atoms with Crippen LogP contribution in [0.1, 0.15) is 23.1 Å². The SMILES string of the molecule is Brc1cnn(C2CN(Cc3noc4c3COCC4)C2)c1. The van der Waals surface area contributed by atoms with Crippen molar-refractivity contribution in [1.29, 1.82) is 0 Å². The van der Waals surface area contributed by atoms with E-state index in [1.807, 2.05) is 17.1 Å². The minimum Gasteiger partial charge on any atom is -0.376 e. The number of rotatable bonds is 3. The predicted octanol–water partition coefficient (Wildman–Crippen LogP) is 1.76. The number of fused-ring (bicyclic) bond motifs is 1. The molecule has 0 atom stereocenters. The largest absolute Gasteiger partial charge is 0.376 e. The molecule has 2 aromatic heterocycles. The molecule has 0 aliphatic carbocycles. The molecule has 1 fully saturated rings. The highest BCUT2D eigenvalue weighted by Crippen LogP contribution is 2.27. The summed E-state index contributed by atoms with van der Waals surface area (Å²) in [4.78, 5) is 2.35. The van der Waals surface area contributed by atoms with E-state index >= 15 is 0 Å². The maximum absolute atomic E-state index is 5.48. The van der Waals surface area contributed by atoms with E-state index < -0.39 is 0 Å². The summed E-state index contributed by atoms with van der Waals surface area (Å²) in [6, 6.07) is 0.459. The number of aromatic nitrogens is 3. The normalized spacial score (nSPS) is 19.9. The summed E-state index contributed by atoms with van der Waals surface area (Å²) in [5.41, 5.74) is 2.18. The molecular weight excluding hydrogens is 324 g/mol. The van der Waals surface area contributed by atoms with Crippen LogP contribution >= 0.6 is 15.9 Å². The average Bonchev–Trinajstić information content (AvgIpc) is 3.00. The molecule has 6 nitrogen and oxygen atoms in total. The molecule has 2 aromatic rings. The smallest absolute Gasteiger partial charge is 0.144 e. The first-order valence-electron chi connectivity index (χ1n) is 6.75. The number of likely N-dealkylation sites (tertiary alicyclic amines) is 1. The van der Waals surface area contributed by atoms with Crippen LogP contribution in [0.3, 0.4) is 0 Å². The minimum atomic E-state index is 0.459. The molecule has 0 N–H and O–H groups in total. The van der Waals surface area contributed by atoms with Crippen molar-refractivity contribution in [2.75, 3.05) is 19.7 Å². The summed E-state index contributed by atoms with van der Waals surface area (Å²) in [6.07, 6.45) is 4.69. The number of ether oxygens (including phenoxy) is 1. The Balaban J connectivity index is 1.39. The lowest BCUT2D eigenvalue weighted by molar-refractivity contribution is 0.0852. The fraction of sp³-hybridized carbons (Fsp3) is 0.538. The maximum Gasteiger partial charge on any atom is 0.144 e. The first-order chi connectivity index (χ1) is 9.79. The predicted molar refractivity (Wildman–Crippen MR) is 74.1 cm³/mol. The van der Waals surface area contributed by atoms with Gasteiger partial charge >= 0.3 is 0 Å². The van der Waals surface area contributed by atoms with Gasteiger partial charge in [-0.25, -0.2) is 0 Å². The third-order valence-electron chi connectivity index (χ3n) is 3.93. The van der Waals surface area contributed by atoms with Crippen LogP contribution in [0.2, 0.25) is 0 Å². The molecule has 0 unspecified atom stereocenters. The van der Waals surface area contributed by atoms with Gasteiger partial charge in [0.05, 0.1) is 29.9 Å². The van der Waals surface area contributed by atoms with Gasteiger partial charge in [0.25, 0.3) is 0 Å². The Morgan fingerprint density at radius 3 is 3.10 bits per heavy atom. The monoisotopic (exact) mass is 338 g/mol. The number of nitrogens with zero attached hydrogens (tertiary/aromatic N) is 4. The molecule has 0 bridgehead atoms. The Kier molecular flexibility index (Phi) is 3.13. The van der Waals surface area contributed by atoms with Gasteiger partial charge in [0.1, 0.15) is 11.5 Å². The Bertz CT molecular complexity index is 618. The first-order valence-corrected chi connectivity index (χ1v) is 7.55. The molecule has 106 valence electrons. The van der Waals surface area contributed by atoms with Crippen molar-refractivity contribution in [2.24, 2.45) is 0 Å². The Hall–Kier alpha value is -1.18. The van der Waals surface area contributed by atoms with Gasteiger partial charge < -0.3 is 9.26 Å².